The third-order valence-electron chi connectivity index (χ3n) is 4.52. The molecule has 1 heterocycles. The molecule has 0 N–H and O–H groups in total. The molecule has 0 fully saturated rings. The summed E-state index contributed by atoms with van der Waals surface area (Å²) >= 11 is 13.6. The molecular formula is C20H21Cl3N4O4S. The fraction of sp³-hybridized carbons (Fsp3) is 0.300. The summed E-state index contributed by atoms with van der Waals surface area (Å²) in [5, 5.41) is 12.6. The summed E-state index contributed by atoms with van der Waals surface area (Å²) in [6, 6.07) is 7.32. The Labute approximate surface area is 205 Å². The van der Waals surface area contributed by atoms with E-state index in [2.05, 4.69) is 4.98 Å². The summed E-state index contributed by atoms with van der Waals surface area (Å²) < 4.78 is 6.04. The number of fused-ring (bicyclic) bond motifs is 1. The zero-order valence-electron chi connectivity index (χ0n) is 17.5. The summed E-state index contributed by atoms with van der Waals surface area (Å²) in [4.78, 5) is 32.4. The van der Waals surface area contributed by atoms with Crippen LogP contribution in [-0.4, -0.2) is 55.0 Å². The van der Waals surface area contributed by atoms with Gasteiger partial charge in [-0.15, -0.1) is 12.4 Å². The smallest absolute Gasteiger partial charge is 0.282 e. The number of carbonyl (C=O) groups excluding carboxylic acids is 1. The first-order chi connectivity index (χ1) is 14.7. The third kappa shape index (κ3) is 5.60. The van der Waals surface area contributed by atoms with Gasteiger partial charge in [0.15, 0.2) is 5.13 Å². The lowest BCUT2D eigenvalue weighted by molar-refractivity contribution is -0.385. The quantitative estimate of drug-likeness (QED) is 0.287. The summed E-state index contributed by atoms with van der Waals surface area (Å²) in [6.45, 7) is 1.02. The van der Waals surface area contributed by atoms with Gasteiger partial charge in [-0.2, -0.15) is 0 Å². The van der Waals surface area contributed by atoms with Gasteiger partial charge in [0, 0.05) is 17.6 Å². The molecule has 0 aliphatic carbocycles. The van der Waals surface area contributed by atoms with E-state index in [9.17, 15) is 14.9 Å². The van der Waals surface area contributed by atoms with Crippen LogP contribution >= 0.6 is 46.9 Å². The summed E-state index contributed by atoms with van der Waals surface area (Å²) in [5.41, 5.74) is 0.115. The fourth-order valence-corrected chi connectivity index (χ4v) is 4.49. The molecule has 32 heavy (non-hydrogen) atoms. The van der Waals surface area contributed by atoms with Crippen LogP contribution in [0.2, 0.25) is 10.0 Å². The highest BCUT2D eigenvalue weighted by atomic mass is 35.5. The second kappa shape index (κ2) is 11.1. The highest BCUT2D eigenvalue weighted by molar-refractivity contribution is 7.23. The maximum absolute atomic E-state index is 13.5. The Balaban J connectivity index is 0.00000363. The fourth-order valence-electron chi connectivity index (χ4n) is 3.03. The van der Waals surface area contributed by atoms with E-state index in [1.807, 2.05) is 19.0 Å². The van der Waals surface area contributed by atoms with Crippen LogP contribution in [0.3, 0.4) is 0 Å². The number of thiazole rings is 1. The molecule has 0 spiro atoms. The number of hydrogen-bond donors (Lipinski definition) is 0. The summed E-state index contributed by atoms with van der Waals surface area (Å²) in [5.74, 6) is -0.0292. The van der Waals surface area contributed by atoms with Gasteiger partial charge in [-0.05, 0) is 51.3 Å². The molecule has 0 atom stereocenters. The van der Waals surface area contributed by atoms with Crippen molar-refractivity contribution < 1.29 is 14.5 Å². The number of ether oxygens (including phenoxy) is 1. The summed E-state index contributed by atoms with van der Waals surface area (Å²) in [7, 11) is 5.38. The topological polar surface area (TPSA) is 88.8 Å². The Morgan fingerprint density at radius 2 is 1.94 bits per heavy atom. The number of anilines is 1. The third-order valence-corrected chi connectivity index (χ3v) is 6.29. The number of rotatable bonds is 8. The largest absolute Gasteiger partial charge is 0.494 e. The van der Waals surface area contributed by atoms with E-state index in [1.54, 1.807) is 12.1 Å². The molecule has 172 valence electrons. The van der Waals surface area contributed by atoms with E-state index < -0.39 is 10.8 Å². The molecule has 0 radical (unpaired) electrons. The van der Waals surface area contributed by atoms with Crippen LogP contribution in [0.25, 0.3) is 10.2 Å². The molecule has 12 heteroatoms. The average molecular weight is 520 g/mol. The molecule has 1 amide bonds. The Kier molecular flexibility index (Phi) is 9.06. The highest BCUT2D eigenvalue weighted by Gasteiger charge is 2.28. The number of nitro groups is 1. The van der Waals surface area contributed by atoms with E-state index in [-0.39, 0.29) is 28.7 Å². The molecule has 0 unspecified atom stereocenters. The number of methoxy groups -OCH3 is 1. The van der Waals surface area contributed by atoms with Crippen molar-refractivity contribution in [1.29, 1.82) is 0 Å². The lowest BCUT2D eigenvalue weighted by Gasteiger charge is -2.21. The van der Waals surface area contributed by atoms with Crippen molar-refractivity contribution in [2.45, 2.75) is 6.42 Å². The number of carbonyl (C=O) groups is 1. The van der Waals surface area contributed by atoms with E-state index in [4.69, 9.17) is 27.9 Å². The molecule has 0 saturated carbocycles. The van der Waals surface area contributed by atoms with Gasteiger partial charge in [-0.3, -0.25) is 19.8 Å². The van der Waals surface area contributed by atoms with Crippen molar-refractivity contribution in [3.63, 3.8) is 0 Å². The number of benzene rings is 2. The van der Waals surface area contributed by atoms with Crippen molar-refractivity contribution in [1.82, 2.24) is 9.88 Å². The zero-order valence-corrected chi connectivity index (χ0v) is 20.6. The summed E-state index contributed by atoms with van der Waals surface area (Å²) in [6.07, 6.45) is 0.633. The van der Waals surface area contributed by atoms with Crippen LogP contribution in [0, 0.1) is 10.1 Å². The molecule has 3 aromatic rings. The molecule has 0 saturated heterocycles. The molecular weight excluding hydrogens is 499 g/mol. The zero-order chi connectivity index (χ0) is 22.7. The van der Waals surface area contributed by atoms with Gasteiger partial charge in [0.05, 0.1) is 21.8 Å². The normalized spacial score (nSPS) is 10.8. The van der Waals surface area contributed by atoms with Gasteiger partial charge >= 0.3 is 0 Å². The van der Waals surface area contributed by atoms with Gasteiger partial charge in [-0.1, -0.05) is 34.5 Å². The van der Waals surface area contributed by atoms with E-state index in [0.717, 1.165) is 6.54 Å². The maximum Gasteiger partial charge on any atom is 0.282 e. The molecule has 3 rings (SSSR count). The standard InChI is InChI=1S/C20H20Cl2N4O4S.ClH/c1-24(2)9-4-10-25(19(27)13-11-12(21)5-7-15(13)26(28)29)20-23-17-16(30-3)8-6-14(22)18(17)31-20;/h5-8,11H,4,9-10H2,1-3H3;1H. The minimum atomic E-state index is -0.597. The van der Waals surface area contributed by atoms with Crippen molar-refractivity contribution >= 4 is 73.9 Å². The van der Waals surface area contributed by atoms with E-state index >= 15 is 0 Å². The molecule has 0 aliphatic rings. The van der Waals surface area contributed by atoms with E-state index in [0.29, 0.717) is 39.1 Å². The van der Waals surface area contributed by atoms with Crippen LogP contribution in [-0.2, 0) is 0 Å². The minimum absolute atomic E-state index is 0. The van der Waals surface area contributed by atoms with Gasteiger partial charge in [0.25, 0.3) is 11.6 Å². The Morgan fingerprint density at radius 3 is 2.56 bits per heavy atom. The number of aromatic nitrogens is 1. The first kappa shape index (κ1) is 26.1. The average Bonchev–Trinajstić information content (AvgIpc) is 3.16. The van der Waals surface area contributed by atoms with Crippen LogP contribution in [0.15, 0.2) is 30.3 Å². The molecule has 0 bridgehead atoms. The van der Waals surface area contributed by atoms with Crippen molar-refractivity contribution in [2.75, 3.05) is 39.2 Å². The number of amides is 1. The van der Waals surface area contributed by atoms with Crippen LogP contribution in [0.4, 0.5) is 10.8 Å². The number of nitrogens with zero attached hydrogens (tertiary/aromatic N) is 4. The minimum Gasteiger partial charge on any atom is -0.494 e. The van der Waals surface area contributed by atoms with Crippen molar-refractivity contribution in [3.05, 3.63) is 56.1 Å². The maximum atomic E-state index is 13.5. The Morgan fingerprint density at radius 1 is 1.22 bits per heavy atom. The lowest BCUT2D eigenvalue weighted by Crippen LogP contribution is -2.33. The molecule has 1 aromatic heterocycles. The molecule has 2 aromatic carbocycles. The monoisotopic (exact) mass is 518 g/mol. The van der Waals surface area contributed by atoms with Gasteiger partial charge in [-0.25, -0.2) is 4.98 Å². The highest BCUT2D eigenvalue weighted by Crippen LogP contribution is 2.39. The Hall–Kier alpha value is -2.17. The van der Waals surface area contributed by atoms with Crippen LogP contribution in [0.1, 0.15) is 16.8 Å². The molecule has 0 aliphatic heterocycles. The second-order valence-electron chi connectivity index (χ2n) is 6.96. The van der Waals surface area contributed by atoms with E-state index in [1.165, 1.54) is 41.5 Å². The predicted molar refractivity (Wildman–Crippen MR) is 131 cm³/mol. The second-order valence-corrected chi connectivity index (χ2v) is 8.78. The first-order valence-electron chi connectivity index (χ1n) is 9.26. The SMILES string of the molecule is COc1ccc(Cl)c2sc(N(CCCN(C)C)C(=O)c3cc(Cl)ccc3[N+](=O)[O-])nc12.Cl. The van der Waals surface area contributed by atoms with Crippen molar-refractivity contribution in [3.8, 4) is 5.75 Å². The van der Waals surface area contributed by atoms with Crippen molar-refractivity contribution in [2.24, 2.45) is 0 Å². The Bertz CT molecular complexity index is 1140. The van der Waals surface area contributed by atoms with Crippen LogP contribution in [0.5, 0.6) is 5.75 Å². The van der Waals surface area contributed by atoms with Gasteiger partial charge in [0.2, 0.25) is 0 Å². The van der Waals surface area contributed by atoms with Gasteiger partial charge in [0.1, 0.15) is 16.8 Å². The lowest BCUT2D eigenvalue weighted by atomic mass is 10.1. The number of nitro benzene ring substituents is 1. The van der Waals surface area contributed by atoms with Crippen LogP contribution < -0.4 is 9.64 Å². The first-order valence-corrected chi connectivity index (χ1v) is 10.8. The number of halogens is 3. The predicted octanol–water partition coefficient (Wildman–Crippen LogP) is 5.54. The number of hydrogen-bond acceptors (Lipinski definition) is 7. The van der Waals surface area contributed by atoms with Gasteiger partial charge < -0.3 is 9.64 Å². The molecule has 8 nitrogen and oxygen atoms in total.